The van der Waals surface area contributed by atoms with E-state index in [1.54, 1.807) is 0 Å². The minimum atomic E-state index is 0.986. The molecule has 0 N–H and O–H groups in total. The molecule has 0 radical (unpaired) electrons. The van der Waals surface area contributed by atoms with Gasteiger partial charge in [-0.25, -0.2) is 4.98 Å². The van der Waals surface area contributed by atoms with Gasteiger partial charge in [-0.05, 0) is 30.7 Å². The first-order valence-corrected chi connectivity index (χ1v) is 6.42. The quantitative estimate of drug-likeness (QED) is 0.637. The van der Waals surface area contributed by atoms with E-state index in [0.717, 1.165) is 11.2 Å². The summed E-state index contributed by atoms with van der Waals surface area (Å²) in [6.07, 6.45) is 4.16. The molecule has 0 aliphatic carbocycles. The molecule has 0 aliphatic heterocycles. The highest BCUT2D eigenvalue weighted by molar-refractivity contribution is 5.80. The molecule has 1 heteroatoms. The zero-order chi connectivity index (χ0) is 13.1. The number of rotatable bonds is 2. The molecule has 3 aromatic rings. The van der Waals surface area contributed by atoms with Gasteiger partial charge in [0.15, 0.2) is 0 Å². The predicted octanol–water partition coefficient (Wildman–Crippen LogP) is 4.71. The molecule has 0 unspecified atom stereocenters. The molecule has 2 aromatic carbocycles. The van der Waals surface area contributed by atoms with Gasteiger partial charge in [-0.15, -0.1) is 0 Å². The lowest BCUT2D eigenvalue weighted by Crippen LogP contribution is -1.82. The molecule has 3 rings (SSSR count). The highest BCUT2D eigenvalue weighted by atomic mass is 14.7. The van der Waals surface area contributed by atoms with Crippen molar-refractivity contribution in [1.82, 2.24) is 4.98 Å². The monoisotopic (exact) mass is 245 g/mol. The van der Waals surface area contributed by atoms with E-state index in [4.69, 9.17) is 0 Å². The molecule has 0 bridgehead atoms. The van der Waals surface area contributed by atoms with E-state index in [1.165, 1.54) is 16.5 Å². The third kappa shape index (κ3) is 2.71. The Morgan fingerprint density at radius 3 is 2.63 bits per heavy atom. The number of benzene rings is 2. The summed E-state index contributed by atoms with van der Waals surface area (Å²) >= 11 is 0. The average Bonchev–Trinajstić information content (AvgIpc) is 2.45. The summed E-state index contributed by atoms with van der Waals surface area (Å²) in [4.78, 5) is 4.63. The van der Waals surface area contributed by atoms with Gasteiger partial charge < -0.3 is 0 Å². The fraction of sp³-hybridized carbons (Fsp3) is 0.0556. The lowest BCUT2D eigenvalue weighted by atomic mass is 10.1. The van der Waals surface area contributed by atoms with Crippen molar-refractivity contribution in [2.24, 2.45) is 0 Å². The van der Waals surface area contributed by atoms with Gasteiger partial charge in [0.25, 0.3) is 0 Å². The first kappa shape index (κ1) is 11.7. The maximum Gasteiger partial charge on any atom is 0.0709 e. The lowest BCUT2D eigenvalue weighted by molar-refractivity contribution is 1.37. The summed E-state index contributed by atoms with van der Waals surface area (Å²) in [6.45, 7) is 2.10. The number of pyridine rings is 1. The van der Waals surface area contributed by atoms with Crippen LogP contribution in [0.3, 0.4) is 0 Å². The predicted molar refractivity (Wildman–Crippen MR) is 81.9 cm³/mol. The molecular weight excluding hydrogens is 230 g/mol. The third-order valence-corrected chi connectivity index (χ3v) is 3.11. The number of fused-ring (bicyclic) bond motifs is 1. The summed E-state index contributed by atoms with van der Waals surface area (Å²) in [5, 5.41) is 1.18. The van der Waals surface area contributed by atoms with E-state index in [0.29, 0.717) is 0 Å². The highest BCUT2D eigenvalue weighted by Crippen LogP contribution is 2.14. The zero-order valence-electron chi connectivity index (χ0n) is 10.9. The Morgan fingerprint density at radius 1 is 0.842 bits per heavy atom. The second-order valence-corrected chi connectivity index (χ2v) is 4.68. The SMILES string of the molecule is Cc1cccc(/C=C/c2ccc3ccccc3n2)c1. The molecule has 0 atom stereocenters. The van der Waals surface area contributed by atoms with Gasteiger partial charge in [-0.1, -0.05) is 60.2 Å². The summed E-state index contributed by atoms with van der Waals surface area (Å²) in [5.41, 5.74) is 4.50. The fourth-order valence-electron chi connectivity index (χ4n) is 2.13. The largest absolute Gasteiger partial charge is 0.248 e. The minimum absolute atomic E-state index is 0.986. The number of hydrogen-bond acceptors (Lipinski definition) is 1. The Bertz CT molecular complexity index is 741. The summed E-state index contributed by atoms with van der Waals surface area (Å²) in [5.74, 6) is 0. The van der Waals surface area contributed by atoms with Crippen molar-refractivity contribution in [3.05, 3.63) is 77.5 Å². The number of para-hydroxylation sites is 1. The van der Waals surface area contributed by atoms with E-state index in [-0.39, 0.29) is 0 Å². The van der Waals surface area contributed by atoms with Gasteiger partial charge >= 0.3 is 0 Å². The van der Waals surface area contributed by atoms with E-state index >= 15 is 0 Å². The van der Waals surface area contributed by atoms with Crippen LogP contribution in [0.15, 0.2) is 60.7 Å². The second kappa shape index (κ2) is 5.07. The van der Waals surface area contributed by atoms with Crippen molar-refractivity contribution in [2.75, 3.05) is 0 Å². The van der Waals surface area contributed by atoms with Gasteiger partial charge in [-0.3, -0.25) is 0 Å². The minimum Gasteiger partial charge on any atom is -0.248 e. The molecule has 92 valence electrons. The van der Waals surface area contributed by atoms with Gasteiger partial charge in [0.05, 0.1) is 11.2 Å². The molecule has 19 heavy (non-hydrogen) atoms. The number of aromatic nitrogens is 1. The van der Waals surface area contributed by atoms with E-state index in [2.05, 4.69) is 66.5 Å². The molecule has 1 nitrogen and oxygen atoms in total. The van der Waals surface area contributed by atoms with Crippen LogP contribution in [0.2, 0.25) is 0 Å². The summed E-state index contributed by atoms with van der Waals surface area (Å²) in [6, 6.07) is 20.8. The Hall–Kier alpha value is -2.41. The van der Waals surface area contributed by atoms with Crippen molar-refractivity contribution in [1.29, 1.82) is 0 Å². The summed E-state index contributed by atoms with van der Waals surface area (Å²) < 4.78 is 0. The standard InChI is InChI=1S/C18H15N/c1-14-5-4-6-15(13-14)9-11-17-12-10-16-7-2-3-8-18(16)19-17/h2-13H,1H3/b11-9+. The Kier molecular flexibility index (Phi) is 3.11. The van der Waals surface area contributed by atoms with E-state index in [9.17, 15) is 0 Å². The average molecular weight is 245 g/mol. The normalized spacial score (nSPS) is 11.2. The van der Waals surface area contributed by atoms with Crippen LogP contribution in [0.4, 0.5) is 0 Å². The first-order chi connectivity index (χ1) is 9.31. The first-order valence-electron chi connectivity index (χ1n) is 6.42. The molecular formula is C18H15N. The van der Waals surface area contributed by atoms with Gasteiger partial charge in [0.2, 0.25) is 0 Å². The lowest BCUT2D eigenvalue weighted by Gasteiger charge is -1.99. The Labute approximate surface area is 113 Å². The van der Waals surface area contributed by atoms with Crippen molar-refractivity contribution in [3.8, 4) is 0 Å². The Balaban J connectivity index is 1.92. The van der Waals surface area contributed by atoms with Crippen LogP contribution in [0.5, 0.6) is 0 Å². The number of hydrogen-bond donors (Lipinski definition) is 0. The molecule has 1 heterocycles. The van der Waals surface area contributed by atoms with Gasteiger partial charge in [0.1, 0.15) is 0 Å². The van der Waals surface area contributed by atoms with Crippen LogP contribution in [-0.2, 0) is 0 Å². The molecule has 1 aromatic heterocycles. The maximum absolute atomic E-state index is 4.63. The number of aryl methyl sites for hydroxylation is 1. The molecule has 0 fully saturated rings. The van der Waals surface area contributed by atoms with Gasteiger partial charge in [-0.2, -0.15) is 0 Å². The smallest absolute Gasteiger partial charge is 0.0709 e. The van der Waals surface area contributed by atoms with Gasteiger partial charge in [0, 0.05) is 5.39 Å². The van der Waals surface area contributed by atoms with Crippen molar-refractivity contribution >= 4 is 23.1 Å². The molecule has 0 spiro atoms. The molecule has 0 saturated heterocycles. The van der Waals surface area contributed by atoms with E-state index in [1.807, 2.05) is 18.2 Å². The molecule has 0 amide bonds. The topological polar surface area (TPSA) is 12.9 Å². The Morgan fingerprint density at radius 2 is 1.74 bits per heavy atom. The fourth-order valence-corrected chi connectivity index (χ4v) is 2.13. The summed E-state index contributed by atoms with van der Waals surface area (Å²) in [7, 11) is 0. The second-order valence-electron chi connectivity index (χ2n) is 4.68. The van der Waals surface area contributed by atoms with E-state index < -0.39 is 0 Å². The zero-order valence-corrected chi connectivity index (χ0v) is 10.9. The third-order valence-electron chi connectivity index (χ3n) is 3.11. The molecule has 0 saturated carbocycles. The number of nitrogens with zero attached hydrogens (tertiary/aromatic N) is 1. The van der Waals surface area contributed by atoms with Crippen molar-refractivity contribution < 1.29 is 0 Å². The van der Waals surface area contributed by atoms with Crippen LogP contribution >= 0.6 is 0 Å². The molecule has 0 aliphatic rings. The van der Waals surface area contributed by atoms with Crippen LogP contribution in [0, 0.1) is 6.92 Å². The van der Waals surface area contributed by atoms with Crippen LogP contribution in [-0.4, -0.2) is 4.98 Å². The van der Waals surface area contributed by atoms with Crippen molar-refractivity contribution in [2.45, 2.75) is 6.92 Å². The van der Waals surface area contributed by atoms with Crippen LogP contribution in [0.25, 0.3) is 23.1 Å². The maximum atomic E-state index is 4.63. The van der Waals surface area contributed by atoms with Crippen LogP contribution < -0.4 is 0 Å². The van der Waals surface area contributed by atoms with Crippen LogP contribution in [0.1, 0.15) is 16.8 Å². The van der Waals surface area contributed by atoms with Crippen molar-refractivity contribution in [3.63, 3.8) is 0 Å². The highest BCUT2D eigenvalue weighted by Gasteiger charge is 1.94.